The molecule has 19 nitrogen and oxygen atoms in total. The first-order valence-electron chi connectivity index (χ1n) is 21.4. The minimum Gasteiger partial charge on any atom is -0.504 e. The van der Waals surface area contributed by atoms with E-state index in [-0.39, 0.29) is 18.8 Å². The van der Waals surface area contributed by atoms with Gasteiger partial charge in [-0.3, -0.25) is 14.4 Å². The van der Waals surface area contributed by atoms with Crippen molar-refractivity contribution >= 4 is 17.9 Å². The fourth-order valence-electron chi connectivity index (χ4n) is 6.73. The lowest BCUT2D eigenvalue weighted by molar-refractivity contribution is -0.378. The van der Waals surface area contributed by atoms with Gasteiger partial charge < -0.3 is 78.7 Å². The smallest absolute Gasteiger partial charge is 0.322 e. The average Bonchev–Trinajstić information content (AvgIpc) is 3.24. The van der Waals surface area contributed by atoms with Gasteiger partial charge in [0.15, 0.2) is 30.7 Å². The molecule has 3 heterocycles. The second-order valence-corrected chi connectivity index (χ2v) is 16.3. The van der Waals surface area contributed by atoms with Gasteiger partial charge in [-0.1, -0.05) is 80.1 Å². The summed E-state index contributed by atoms with van der Waals surface area (Å²) >= 11 is 0. The molecule has 0 aliphatic carbocycles. The van der Waals surface area contributed by atoms with Crippen molar-refractivity contribution in [2.24, 2.45) is 17.8 Å². The third kappa shape index (κ3) is 14.4. The number of rotatable bonds is 24. The molecule has 3 aliphatic heterocycles. The number of carbonyl (C=O) groups is 3. The summed E-state index contributed by atoms with van der Waals surface area (Å²) in [5.74, 6) is -3.95. The zero-order chi connectivity index (χ0) is 44.7. The Morgan fingerprint density at radius 2 is 1.23 bits per heavy atom. The lowest BCUT2D eigenvalue weighted by Crippen LogP contribution is -2.66. The standard InChI is InChI=1S/C41H70O19/c1-7-21(4)14-12-10-11-13-15-27(44)57-35-26(20-53-39-33(50)31(48)29(46)24(18-42)54-39)56-41(60-40-34(51)32(49)30(47)25(19-43)55-40)37(36(35)59-38(52)23(6)9-3)58-28(45)17-16-22(5)8-2/h21-26,29-32,34-37,40-43,46-51H,7-20H2,1-6H3/t21?,22?,23?,24?,25?,26?,29-,30+,31?,32?,34?,35+,36?,37?,40+,41+/m0/s1. The van der Waals surface area contributed by atoms with Crippen molar-refractivity contribution in [3.05, 3.63) is 11.7 Å². The molecular formula is C41H70O19. The maximum atomic E-state index is 13.6. The lowest BCUT2D eigenvalue weighted by atomic mass is 9.96. The van der Waals surface area contributed by atoms with Crippen LogP contribution in [-0.2, 0) is 52.3 Å². The van der Waals surface area contributed by atoms with Crippen LogP contribution in [0.15, 0.2) is 11.7 Å². The Bertz CT molecular complexity index is 1340. The fourth-order valence-corrected chi connectivity index (χ4v) is 6.73. The number of carbonyl (C=O) groups excluding carboxylic acids is 3. The summed E-state index contributed by atoms with van der Waals surface area (Å²) in [4.78, 5) is 40.7. The molecule has 3 aliphatic rings. The van der Waals surface area contributed by atoms with Gasteiger partial charge in [0, 0.05) is 12.8 Å². The van der Waals surface area contributed by atoms with E-state index < -0.39 is 135 Å². The zero-order valence-electron chi connectivity index (χ0n) is 35.7. The van der Waals surface area contributed by atoms with Crippen LogP contribution in [0.1, 0.15) is 112 Å². The third-order valence-corrected chi connectivity index (χ3v) is 11.6. The first kappa shape index (κ1) is 51.5. The van der Waals surface area contributed by atoms with E-state index in [1.165, 1.54) is 0 Å². The van der Waals surface area contributed by atoms with Crippen LogP contribution < -0.4 is 0 Å². The van der Waals surface area contributed by atoms with Gasteiger partial charge in [0.1, 0.15) is 49.3 Å². The first-order valence-corrected chi connectivity index (χ1v) is 21.4. The minimum atomic E-state index is -1.95. The van der Waals surface area contributed by atoms with Crippen LogP contribution in [0.25, 0.3) is 0 Å². The summed E-state index contributed by atoms with van der Waals surface area (Å²) in [6, 6.07) is 0. The lowest BCUT2D eigenvalue weighted by Gasteiger charge is -2.47. The maximum absolute atomic E-state index is 13.6. The van der Waals surface area contributed by atoms with Crippen molar-refractivity contribution in [1.29, 1.82) is 0 Å². The largest absolute Gasteiger partial charge is 0.504 e. The molecule has 2 fully saturated rings. The Kier molecular flexibility index (Phi) is 21.7. The summed E-state index contributed by atoms with van der Waals surface area (Å²) in [5.41, 5.74) is 0. The third-order valence-electron chi connectivity index (χ3n) is 11.6. The highest BCUT2D eigenvalue weighted by Crippen LogP contribution is 2.35. The molecule has 0 aromatic heterocycles. The Labute approximate surface area is 351 Å². The highest BCUT2D eigenvalue weighted by Gasteiger charge is 2.56. The van der Waals surface area contributed by atoms with Crippen LogP contribution in [0.2, 0.25) is 0 Å². The van der Waals surface area contributed by atoms with Crippen LogP contribution in [0, 0.1) is 17.8 Å². The predicted molar refractivity (Wildman–Crippen MR) is 208 cm³/mol. The molecule has 2 saturated heterocycles. The van der Waals surface area contributed by atoms with Gasteiger partial charge in [-0.15, -0.1) is 0 Å². The molecule has 11 unspecified atom stereocenters. The number of ether oxygens (including phenoxy) is 8. The van der Waals surface area contributed by atoms with Gasteiger partial charge >= 0.3 is 23.9 Å². The van der Waals surface area contributed by atoms with Crippen LogP contribution in [0.4, 0.5) is 0 Å². The molecule has 0 spiro atoms. The van der Waals surface area contributed by atoms with Crippen molar-refractivity contribution in [3.8, 4) is 0 Å². The molecule has 16 atom stereocenters. The molecule has 348 valence electrons. The average molecular weight is 867 g/mol. The number of aliphatic hydroxyl groups excluding tert-OH is 8. The molecule has 0 bridgehead atoms. The molecule has 19 heteroatoms. The SMILES string of the molecule is CCC(C)CCCCCCC(=O)O[C@@H]1C(COC2=C(O)C(O)[C@@H](O)C(CO)O2)O[C@H](O[C@H]2OC(CO)[C@@H](O)C(O)C2O)C(OC(=O)CCC(C)CC)C1OC(=O)C(C)CC. The van der Waals surface area contributed by atoms with E-state index in [9.17, 15) is 55.2 Å². The first-order chi connectivity index (χ1) is 28.5. The predicted octanol–water partition coefficient (Wildman–Crippen LogP) is 1.38. The van der Waals surface area contributed by atoms with Gasteiger partial charge in [-0.2, -0.15) is 0 Å². The van der Waals surface area contributed by atoms with Crippen LogP contribution in [0.5, 0.6) is 0 Å². The highest BCUT2D eigenvalue weighted by molar-refractivity contribution is 5.73. The Morgan fingerprint density at radius 3 is 1.87 bits per heavy atom. The molecule has 0 aromatic rings. The molecule has 0 radical (unpaired) electrons. The number of hydrogen-bond donors (Lipinski definition) is 8. The normalized spacial score (nSPS) is 33.6. The quantitative estimate of drug-likeness (QED) is 0.0386. The maximum Gasteiger partial charge on any atom is 0.322 e. The molecule has 3 rings (SSSR count). The van der Waals surface area contributed by atoms with Crippen LogP contribution in [-0.4, -0.2) is 158 Å². The van der Waals surface area contributed by atoms with Crippen molar-refractivity contribution in [2.75, 3.05) is 19.8 Å². The van der Waals surface area contributed by atoms with Crippen molar-refractivity contribution in [3.63, 3.8) is 0 Å². The molecule has 0 saturated carbocycles. The van der Waals surface area contributed by atoms with Gasteiger partial charge in [0.2, 0.25) is 12.0 Å². The van der Waals surface area contributed by atoms with Crippen molar-refractivity contribution in [1.82, 2.24) is 0 Å². The fraction of sp³-hybridized carbons (Fsp3) is 0.878. The van der Waals surface area contributed by atoms with E-state index in [1.54, 1.807) is 13.8 Å². The molecule has 60 heavy (non-hydrogen) atoms. The Morgan fingerprint density at radius 1 is 0.633 bits per heavy atom. The summed E-state index contributed by atoms with van der Waals surface area (Å²) in [7, 11) is 0. The molecule has 0 aromatic carbocycles. The molecule has 0 amide bonds. The summed E-state index contributed by atoms with van der Waals surface area (Å²) in [5, 5.41) is 82.7. The van der Waals surface area contributed by atoms with Crippen molar-refractivity contribution in [2.45, 2.75) is 192 Å². The van der Waals surface area contributed by atoms with E-state index in [0.29, 0.717) is 25.2 Å². The van der Waals surface area contributed by atoms with E-state index in [4.69, 9.17) is 37.9 Å². The van der Waals surface area contributed by atoms with Gasteiger partial charge in [-0.25, -0.2) is 0 Å². The molecule has 8 N–H and O–H groups in total. The van der Waals surface area contributed by atoms with Crippen molar-refractivity contribution < 1.29 is 93.1 Å². The topological polar surface area (TPSA) is 287 Å². The summed E-state index contributed by atoms with van der Waals surface area (Å²) in [6.45, 7) is 9.21. The zero-order valence-corrected chi connectivity index (χ0v) is 35.7. The Hall–Kier alpha value is -2.85. The van der Waals surface area contributed by atoms with E-state index in [1.807, 2.05) is 13.8 Å². The second-order valence-electron chi connectivity index (χ2n) is 16.3. The molecular weight excluding hydrogens is 796 g/mol. The van der Waals surface area contributed by atoms with Gasteiger partial charge in [0.25, 0.3) is 0 Å². The van der Waals surface area contributed by atoms with Crippen LogP contribution >= 0.6 is 0 Å². The number of aliphatic hydroxyl groups is 8. The summed E-state index contributed by atoms with van der Waals surface area (Å²) in [6.07, 6.45) is -15.9. The monoisotopic (exact) mass is 866 g/mol. The van der Waals surface area contributed by atoms with E-state index in [2.05, 4.69) is 13.8 Å². The van der Waals surface area contributed by atoms with Gasteiger partial charge in [0.05, 0.1) is 19.1 Å². The van der Waals surface area contributed by atoms with Gasteiger partial charge in [-0.05, 0) is 31.1 Å². The highest BCUT2D eigenvalue weighted by atomic mass is 16.8. The Balaban J connectivity index is 2.07. The number of esters is 3. The van der Waals surface area contributed by atoms with E-state index >= 15 is 0 Å². The second kappa shape index (κ2) is 25.3. The van der Waals surface area contributed by atoms with E-state index in [0.717, 1.165) is 38.5 Å². The number of unbranched alkanes of at least 4 members (excludes halogenated alkanes) is 3. The van der Waals surface area contributed by atoms with Crippen LogP contribution in [0.3, 0.4) is 0 Å². The number of hydrogen-bond acceptors (Lipinski definition) is 19. The minimum absolute atomic E-state index is 0.0547. The summed E-state index contributed by atoms with van der Waals surface area (Å²) < 4.78 is 46.8.